The summed E-state index contributed by atoms with van der Waals surface area (Å²) in [5.74, 6) is -0.800. The van der Waals surface area contributed by atoms with Crippen LogP contribution in [-0.2, 0) is 13.1 Å². The van der Waals surface area contributed by atoms with Gasteiger partial charge in [0.25, 0.3) is 17.4 Å². The minimum absolute atomic E-state index is 0.0324. The molecule has 0 spiro atoms. The largest absolute Gasteiger partial charge is 0.364 e. The summed E-state index contributed by atoms with van der Waals surface area (Å²) >= 11 is 0. The molecule has 0 radical (unpaired) electrons. The molecule has 0 saturated heterocycles. The van der Waals surface area contributed by atoms with Gasteiger partial charge in [-0.2, -0.15) is 0 Å². The van der Waals surface area contributed by atoms with Crippen LogP contribution in [0.5, 0.6) is 0 Å². The number of fused-ring (bicyclic) bond motifs is 1. The van der Waals surface area contributed by atoms with E-state index >= 15 is 0 Å². The van der Waals surface area contributed by atoms with E-state index in [0.717, 1.165) is 22.5 Å². The highest BCUT2D eigenvalue weighted by Crippen LogP contribution is 2.29. The molecule has 5 N–H and O–H groups in total. The zero-order valence-corrected chi connectivity index (χ0v) is 20.4. The van der Waals surface area contributed by atoms with Crippen LogP contribution in [0.3, 0.4) is 0 Å². The number of benzene rings is 1. The molecule has 5 rings (SSSR count). The van der Waals surface area contributed by atoms with Crippen LogP contribution in [0.2, 0.25) is 0 Å². The van der Waals surface area contributed by atoms with Crippen LogP contribution in [0.4, 0.5) is 10.2 Å². The van der Waals surface area contributed by atoms with Crippen LogP contribution >= 0.6 is 0 Å². The average Bonchev–Trinajstić information content (AvgIpc) is 3.35. The lowest BCUT2D eigenvalue weighted by molar-refractivity contribution is -0.495. The zero-order chi connectivity index (χ0) is 26.8. The Morgan fingerprint density at radius 1 is 1.13 bits per heavy atom. The Morgan fingerprint density at radius 2 is 1.97 bits per heavy atom. The maximum Gasteiger partial charge on any atom is 0.267 e. The molecule has 4 aromatic rings. The highest BCUT2D eigenvalue weighted by Gasteiger charge is 2.23. The third-order valence-corrected chi connectivity index (χ3v) is 6.25. The maximum atomic E-state index is 13.6. The molecule has 4 heterocycles. The first-order valence-corrected chi connectivity index (χ1v) is 11.8. The summed E-state index contributed by atoms with van der Waals surface area (Å²) in [5, 5.41) is 4.59. The standard InChI is InChI=1S/C28H23FN6O3/c1-16-10-17(6-7-23(16)29)15-35-9-3-5-21(28(35)38)27(37)33-13-19-11-18(12-24(34-19)25(30)36)22-14-32-26-20(22)4-2-8-31-26/h2-12,14H,13,15H2,1H3,(H2,30,36)(H,31,32)(H,33,37)/p+1. The van der Waals surface area contributed by atoms with Crippen LogP contribution in [0.15, 0.2) is 78.0 Å². The van der Waals surface area contributed by atoms with Crippen molar-refractivity contribution in [3.63, 3.8) is 0 Å². The summed E-state index contributed by atoms with van der Waals surface area (Å²) in [6.45, 7) is 1.81. The molecule has 38 heavy (non-hydrogen) atoms. The highest BCUT2D eigenvalue weighted by atomic mass is 19.1. The Kier molecular flexibility index (Phi) is 6.63. The van der Waals surface area contributed by atoms with E-state index in [9.17, 15) is 18.8 Å². The van der Waals surface area contributed by atoms with Gasteiger partial charge in [0.1, 0.15) is 23.3 Å². The fourth-order valence-electron chi connectivity index (χ4n) is 4.34. The number of halogens is 1. The van der Waals surface area contributed by atoms with E-state index in [4.69, 9.17) is 5.73 Å². The second-order valence-electron chi connectivity index (χ2n) is 8.90. The number of primary amides is 1. The Hall–Kier alpha value is -4.96. The second-order valence-corrected chi connectivity index (χ2v) is 8.90. The first kappa shape index (κ1) is 24.7. The lowest BCUT2D eigenvalue weighted by atomic mass is 10.00. The number of carbonyl (C=O) groups is 2. The number of hydrogen-bond acceptors (Lipinski definition) is 5. The molecule has 9 nitrogen and oxygen atoms in total. The number of hydrogen-bond donors (Lipinski definition) is 3. The van der Waals surface area contributed by atoms with Gasteiger partial charge in [-0.1, -0.05) is 12.1 Å². The van der Waals surface area contributed by atoms with E-state index in [2.05, 4.69) is 15.3 Å². The summed E-state index contributed by atoms with van der Waals surface area (Å²) in [4.78, 5) is 46.5. The van der Waals surface area contributed by atoms with E-state index < -0.39 is 17.4 Å². The molecule has 0 saturated carbocycles. The Labute approximate surface area is 216 Å². The van der Waals surface area contributed by atoms with Crippen LogP contribution in [0.25, 0.3) is 5.57 Å². The summed E-state index contributed by atoms with van der Waals surface area (Å²) in [5.41, 5.74) is 9.12. The van der Waals surface area contributed by atoms with Crippen molar-refractivity contribution in [1.82, 2.24) is 19.9 Å². The van der Waals surface area contributed by atoms with Crippen LogP contribution < -0.4 is 21.9 Å². The second kappa shape index (κ2) is 10.2. The van der Waals surface area contributed by atoms with Crippen molar-refractivity contribution in [2.24, 2.45) is 5.73 Å². The number of rotatable bonds is 7. The minimum Gasteiger partial charge on any atom is -0.364 e. The van der Waals surface area contributed by atoms with Crippen LogP contribution in [-0.4, -0.2) is 26.3 Å². The Morgan fingerprint density at radius 3 is 2.76 bits per heavy atom. The lowest BCUT2D eigenvalue weighted by Crippen LogP contribution is -2.70. The summed E-state index contributed by atoms with van der Waals surface area (Å²) in [6, 6.07) is 14.8. The van der Waals surface area contributed by atoms with E-state index in [1.54, 1.807) is 49.6 Å². The van der Waals surface area contributed by atoms with Crippen molar-refractivity contribution in [3.8, 4) is 0 Å². The first-order chi connectivity index (χ1) is 18.3. The third-order valence-electron chi connectivity index (χ3n) is 6.25. The first-order valence-electron chi connectivity index (χ1n) is 11.8. The van der Waals surface area contributed by atoms with Gasteiger partial charge in [-0.3, -0.25) is 19.7 Å². The van der Waals surface area contributed by atoms with E-state index in [-0.39, 0.29) is 30.2 Å². The fraction of sp³-hybridized carbons (Fsp3) is 0.107. The number of nitrogens with one attached hydrogen (secondary N) is 1. The molecule has 0 bridgehead atoms. The molecule has 0 atom stereocenters. The monoisotopic (exact) mass is 511 g/mol. The number of nitrogens with two attached hydrogens (primary N) is 2. The number of amides is 2. The zero-order valence-electron chi connectivity index (χ0n) is 20.4. The topological polar surface area (TPSA) is 137 Å². The number of aromatic nitrogens is 3. The van der Waals surface area contributed by atoms with Crippen molar-refractivity contribution >= 4 is 23.2 Å². The van der Waals surface area contributed by atoms with Gasteiger partial charge in [0.05, 0.1) is 29.9 Å². The number of nitrogens with zero attached hydrogens (tertiary/aromatic N) is 3. The van der Waals surface area contributed by atoms with Crippen molar-refractivity contribution in [1.29, 1.82) is 0 Å². The molecular formula is C28H24FN6O3+. The van der Waals surface area contributed by atoms with Gasteiger partial charge >= 0.3 is 0 Å². The van der Waals surface area contributed by atoms with Gasteiger partial charge in [0.2, 0.25) is 5.82 Å². The van der Waals surface area contributed by atoms with Crippen molar-refractivity contribution in [2.75, 3.05) is 0 Å². The molecular weight excluding hydrogens is 487 g/mol. The number of carbonyl (C=O) groups excluding carboxylic acids is 2. The molecule has 0 aliphatic carbocycles. The summed E-state index contributed by atoms with van der Waals surface area (Å²) in [7, 11) is 0. The number of pyridine rings is 3. The van der Waals surface area contributed by atoms with Crippen LogP contribution in [0, 0.1) is 12.7 Å². The SMILES string of the molecule is Cc1cc(Cn2cccc(C(=O)NCc3cc(C4=C[NH2+]c5ncccc54)cc(C(N)=O)n3)c2=O)ccc1F. The Balaban J connectivity index is 1.36. The summed E-state index contributed by atoms with van der Waals surface area (Å²) < 4.78 is 15.0. The fourth-order valence-corrected chi connectivity index (χ4v) is 4.34. The van der Waals surface area contributed by atoms with Crippen molar-refractivity contribution in [2.45, 2.75) is 20.0 Å². The van der Waals surface area contributed by atoms with Crippen molar-refractivity contribution in [3.05, 3.63) is 129 Å². The lowest BCUT2D eigenvalue weighted by Gasteiger charge is -2.11. The van der Waals surface area contributed by atoms with Gasteiger partial charge in [0, 0.05) is 12.4 Å². The Bertz CT molecular complexity index is 1680. The molecule has 0 fully saturated rings. The maximum absolute atomic E-state index is 13.6. The predicted molar refractivity (Wildman–Crippen MR) is 138 cm³/mol. The highest BCUT2D eigenvalue weighted by molar-refractivity contribution is 5.94. The molecule has 190 valence electrons. The molecule has 1 aliphatic heterocycles. The number of aryl methyl sites for hydroxylation is 1. The van der Waals surface area contributed by atoms with Gasteiger partial charge in [-0.25, -0.2) is 14.4 Å². The average molecular weight is 512 g/mol. The van der Waals surface area contributed by atoms with Gasteiger partial charge in [-0.15, -0.1) is 0 Å². The van der Waals surface area contributed by atoms with Gasteiger partial charge in [-0.05, 0) is 66.1 Å². The van der Waals surface area contributed by atoms with Gasteiger partial charge in [0.15, 0.2) is 0 Å². The summed E-state index contributed by atoms with van der Waals surface area (Å²) in [6.07, 6.45) is 5.17. The van der Waals surface area contributed by atoms with E-state index in [0.29, 0.717) is 16.8 Å². The van der Waals surface area contributed by atoms with Crippen LogP contribution in [0.1, 0.15) is 48.8 Å². The van der Waals surface area contributed by atoms with Gasteiger partial charge < -0.3 is 15.6 Å². The third kappa shape index (κ3) is 4.97. The minimum atomic E-state index is -0.699. The smallest absolute Gasteiger partial charge is 0.267 e. The molecule has 1 aromatic carbocycles. The van der Waals surface area contributed by atoms with E-state index in [1.807, 2.05) is 23.6 Å². The normalized spacial score (nSPS) is 12.1. The molecule has 0 unspecified atom stereocenters. The quantitative estimate of drug-likeness (QED) is 0.347. The molecule has 3 aromatic heterocycles. The molecule has 2 amide bonds. The van der Waals surface area contributed by atoms with E-state index in [1.165, 1.54) is 16.7 Å². The van der Waals surface area contributed by atoms with Crippen molar-refractivity contribution < 1.29 is 19.3 Å². The molecule has 1 aliphatic rings. The predicted octanol–water partition coefficient (Wildman–Crippen LogP) is 1.76. The number of quaternary nitrogens is 1. The molecule has 10 heteroatoms.